The predicted octanol–water partition coefficient (Wildman–Crippen LogP) is 2.89. The van der Waals surface area contributed by atoms with Crippen molar-refractivity contribution in [2.75, 3.05) is 17.3 Å². The monoisotopic (exact) mass is 260 g/mol. The molecule has 0 bridgehead atoms. The van der Waals surface area contributed by atoms with E-state index < -0.39 is 0 Å². The van der Waals surface area contributed by atoms with Gasteiger partial charge in [-0.2, -0.15) is 34.9 Å². The van der Waals surface area contributed by atoms with Crippen molar-refractivity contribution in [3.05, 3.63) is 22.4 Å². The Bertz CT molecular complexity index is 267. The third-order valence-corrected chi connectivity index (χ3v) is 6.22. The van der Waals surface area contributed by atoms with Crippen molar-refractivity contribution < 1.29 is 5.11 Å². The highest BCUT2D eigenvalue weighted by molar-refractivity contribution is 8.06. The van der Waals surface area contributed by atoms with Crippen LogP contribution in [0.25, 0.3) is 0 Å². The van der Waals surface area contributed by atoms with Gasteiger partial charge in [-0.1, -0.05) is 0 Å². The summed E-state index contributed by atoms with van der Waals surface area (Å²) in [5, 5.41) is 14.8. The van der Waals surface area contributed by atoms with Crippen LogP contribution in [0.15, 0.2) is 16.8 Å². The molecule has 1 saturated heterocycles. The van der Waals surface area contributed by atoms with Gasteiger partial charge in [-0.25, -0.2) is 0 Å². The van der Waals surface area contributed by atoms with Gasteiger partial charge in [-0.05, 0) is 35.2 Å². The molecule has 1 nitrogen and oxygen atoms in total. The van der Waals surface area contributed by atoms with Crippen LogP contribution in [0, 0.1) is 0 Å². The Morgan fingerprint density at radius 1 is 1.47 bits per heavy atom. The van der Waals surface area contributed by atoms with Gasteiger partial charge in [-0.3, -0.25) is 0 Å². The molecule has 2 heterocycles. The Hall–Kier alpha value is 0.360. The van der Waals surface area contributed by atoms with Crippen molar-refractivity contribution >= 4 is 34.9 Å². The fraction of sp³-hybridized carbons (Fsp3) is 0.636. The van der Waals surface area contributed by atoms with Crippen molar-refractivity contribution in [2.45, 2.75) is 24.2 Å². The third-order valence-electron chi connectivity index (χ3n) is 2.58. The van der Waals surface area contributed by atoms with Crippen LogP contribution >= 0.6 is 34.9 Å². The molecule has 0 spiro atoms. The number of aliphatic hydroxyl groups is 1. The maximum absolute atomic E-state index is 10.0. The van der Waals surface area contributed by atoms with Crippen molar-refractivity contribution in [3.8, 4) is 0 Å². The van der Waals surface area contributed by atoms with Crippen LogP contribution in [-0.2, 0) is 6.42 Å². The molecule has 4 heteroatoms. The standard InChI is InChI=1S/C11H16OS3/c12-10(11-8-14-5-6-15-11)2-1-9-3-4-13-7-9/h3-4,7,10-12H,1-2,5-6,8H2. The van der Waals surface area contributed by atoms with Crippen LogP contribution in [-0.4, -0.2) is 33.7 Å². The maximum atomic E-state index is 10.0. The van der Waals surface area contributed by atoms with Crippen LogP contribution in [0.1, 0.15) is 12.0 Å². The zero-order valence-corrected chi connectivity index (χ0v) is 11.0. The molecule has 1 aromatic rings. The molecule has 0 aliphatic carbocycles. The molecule has 1 N–H and O–H groups in total. The largest absolute Gasteiger partial charge is 0.392 e. The number of aryl methyl sites for hydroxylation is 1. The minimum atomic E-state index is -0.123. The summed E-state index contributed by atoms with van der Waals surface area (Å²) in [4.78, 5) is 0. The quantitative estimate of drug-likeness (QED) is 0.899. The zero-order valence-electron chi connectivity index (χ0n) is 8.59. The lowest BCUT2D eigenvalue weighted by atomic mass is 10.1. The summed E-state index contributed by atoms with van der Waals surface area (Å²) in [6.07, 6.45) is 1.81. The lowest BCUT2D eigenvalue weighted by Crippen LogP contribution is -2.29. The first-order valence-corrected chi connectivity index (χ1v) is 8.39. The topological polar surface area (TPSA) is 20.2 Å². The van der Waals surface area contributed by atoms with Gasteiger partial charge in [0.15, 0.2) is 0 Å². The molecular formula is C11H16OS3. The molecule has 1 aromatic heterocycles. The lowest BCUT2D eigenvalue weighted by Gasteiger charge is -2.25. The number of thioether (sulfide) groups is 2. The minimum absolute atomic E-state index is 0.123. The predicted molar refractivity (Wildman–Crippen MR) is 72.2 cm³/mol. The summed E-state index contributed by atoms with van der Waals surface area (Å²) in [5.41, 5.74) is 1.37. The Kier molecular flexibility index (Phi) is 4.88. The van der Waals surface area contributed by atoms with Crippen LogP contribution in [0.4, 0.5) is 0 Å². The molecule has 0 saturated carbocycles. The van der Waals surface area contributed by atoms with Gasteiger partial charge in [0, 0.05) is 22.5 Å². The van der Waals surface area contributed by atoms with Crippen molar-refractivity contribution in [1.82, 2.24) is 0 Å². The SMILES string of the molecule is OC(CCc1ccsc1)C1CSCCS1. The highest BCUT2D eigenvalue weighted by atomic mass is 32.2. The zero-order chi connectivity index (χ0) is 10.5. The second-order valence-electron chi connectivity index (χ2n) is 3.72. The Balaban J connectivity index is 1.74. The molecule has 0 radical (unpaired) electrons. The van der Waals surface area contributed by atoms with Crippen molar-refractivity contribution in [1.29, 1.82) is 0 Å². The summed E-state index contributed by atoms with van der Waals surface area (Å²) in [6, 6.07) is 2.15. The summed E-state index contributed by atoms with van der Waals surface area (Å²) >= 11 is 5.65. The smallest absolute Gasteiger partial charge is 0.0670 e. The molecule has 1 fully saturated rings. The fourth-order valence-electron chi connectivity index (χ4n) is 1.66. The summed E-state index contributed by atoms with van der Waals surface area (Å²) in [6.45, 7) is 0. The van der Waals surface area contributed by atoms with E-state index in [4.69, 9.17) is 0 Å². The Morgan fingerprint density at radius 2 is 2.40 bits per heavy atom. The van der Waals surface area contributed by atoms with Crippen LogP contribution < -0.4 is 0 Å². The van der Waals surface area contributed by atoms with Gasteiger partial charge in [0.05, 0.1) is 6.10 Å². The Morgan fingerprint density at radius 3 is 3.07 bits per heavy atom. The minimum Gasteiger partial charge on any atom is -0.392 e. The number of hydrogen-bond acceptors (Lipinski definition) is 4. The highest BCUT2D eigenvalue weighted by Gasteiger charge is 2.22. The number of thiophene rings is 1. The van der Waals surface area contributed by atoms with Gasteiger partial charge < -0.3 is 5.11 Å². The first-order chi connectivity index (χ1) is 7.36. The van der Waals surface area contributed by atoms with Crippen molar-refractivity contribution in [2.24, 2.45) is 0 Å². The van der Waals surface area contributed by atoms with E-state index in [2.05, 4.69) is 16.8 Å². The lowest BCUT2D eigenvalue weighted by molar-refractivity contribution is 0.167. The molecular weight excluding hydrogens is 244 g/mol. The van der Waals surface area contributed by atoms with E-state index in [1.807, 2.05) is 23.5 Å². The van der Waals surface area contributed by atoms with Crippen molar-refractivity contribution in [3.63, 3.8) is 0 Å². The average molecular weight is 260 g/mol. The van der Waals surface area contributed by atoms with Crippen LogP contribution in [0.2, 0.25) is 0 Å². The van der Waals surface area contributed by atoms with E-state index in [1.54, 1.807) is 11.3 Å². The van der Waals surface area contributed by atoms with Crippen LogP contribution in [0.3, 0.4) is 0 Å². The molecule has 2 rings (SSSR count). The molecule has 1 aliphatic rings. The summed E-state index contributed by atoms with van der Waals surface area (Å²) in [5.74, 6) is 3.57. The Labute approximate surface area is 104 Å². The van der Waals surface area contributed by atoms with Gasteiger partial charge >= 0.3 is 0 Å². The molecule has 1 aliphatic heterocycles. The molecule has 15 heavy (non-hydrogen) atoms. The molecule has 0 amide bonds. The highest BCUT2D eigenvalue weighted by Crippen LogP contribution is 2.28. The van der Waals surface area contributed by atoms with Gasteiger partial charge in [0.1, 0.15) is 0 Å². The van der Waals surface area contributed by atoms with E-state index in [1.165, 1.54) is 17.1 Å². The van der Waals surface area contributed by atoms with E-state index in [0.29, 0.717) is 5.25 Å². The molecule has 84 valence electrons. The fourth-order valence-corrected chi connectivity index (χ4v) is 5.18. The summed E-state index contributed by atoms with van der Waals surface area (Å²) in [7, 11) is 0. The first kappa shape index (κ1) is 11.8. The van der Waals surface area contributed by atoms with E-state index >= 15 is 0 Å². The van der Waals surface area contributed by atoms with Gasteiger partial charge in [0.25, 0.3) is 0 Å². The van der Waals surface area contributed by atoms with Gasteiger partial charge in [0.2, 0.25) is 0 Å². The second kappa shape index (κ2) is 6.18. The maximum Gasteiger partial charge on any atom is 0.0670 e. The average Bonchev–Trinajstić information content (AvgIpc) is 2.80. The van der Waals surface area contributed by atoms with Crippen LogP contribution in [0.5, 0.6) is 0 Å². The summed E-state index contributed by atoms with van der Waals surface area (Å²) < 4.78 is 0. The van der Waals surface area contributed by atoms with E-state index in [9.17, 15) is 5.11 Å². The normalized spacial score (nSPS) is 23.9. The third kappa shape index (κ3) is 3.70. The van der Waals surface area contributed by atoms with Gasteiger partial charge in [-0.15, -0.1) is 0 Å². The molecule has 0 aromatic carbocycles. The molecule has 2 unspecified atom stereocenters. The number of hydrogen-bond donors (Lipinski definition) is 1. The molecule has 2 atom stereocenters. The van der Waals surface area contributed by atoms with E-state index in [0.717, 1.165) is 18.6 Å². The first-order valence-electron chi connectivity index (χ1n) is 5.25. The van der Waals surface area contributed by atoms with E-state index in [-0.39, 0.29) is 6.10 Å². The number of rotatable bonds is 4. The second-order valence-corrected chi connectivity index (χ2v) is 7.00. The number of aliphatic hydroxyl groups excluding tert-OH is 1.